The molecule has 0 amide bonds. The Kier molecular flexibility index (Phi) is 7.88. The van der Waals surface area contributed by atoms with Crippen molar-refractivity contribution in [3.8, 4) is 16.9 Å². The lowest BCUT2D eigenvalue weighted by Gasteiger charge is -2.21. The predicted molar refractivity (Wildman–Crippen MR) is 105 cm³/mol. The highest BCUT2D eigenvalue weighted by Crippen LogP contribution is 2.38. The molecule has 130 valence electrons. The number of benzene rings is 2. The van der Waals surface area contributed by atoms with Gasteiger partial charge in [-0.05, 0) is 36.0 Å². The van der Waals surface area contributed by atoms with Crippen molar-refractivity contribution in [2.45, 2.75) is 71.1 Å². The number of aromatic hydroxyl groups is 1. The van der Waals surface area contributed by atoms with Gasteiger partial charge in [0, 0.05) is 5.56 Å². The Morgan fingerprint density at radius 2 is 1.38 bits per heavy atom. The van der Waals surface area contributed by atoms with E-state index < -0.39 is 0 Å². The molecular weight excluding hydrogens is 292 g/mol. The fourth-order valence-electron chi connectivity index (χ4n) is 3.60. The van der Waals surface area contributed by atoms with Crippen LogP contribution in [0, 0.1) is 0 Å². The normalized spacial score (nSPS) is 12.2. The lowest BCUT2D eigenvalue weighted by Crippen LogP contribution is -2.01. The van der Waals surface area contributed by atoms with Gasteiger partial charge in [-0.25, -0.2) is 0 Å². The molecule has 0 bridgehead atoms. The molecule has 0 saturated heterocycles. The van der Waals surface area contributed by atoms with Crippen molar-refractivity contribution < 1.29 is 5.11 Å². The number of phenols is 1. The van der Waals surface area contributed by atoms with Crippen molar-refractivity contribution in [1.29, 1.82) is 0 Å². The molecule has 1 atom stereocenters. The molecule has 0 saturated carbocycles. The number of para-hydroxylation sites is 1. The van der Waals surface area contributed by atoms with E-state index in [2.05, 4.69) is 38.1 Å². The number of unbranched alkanes of at least 4 members (excludes halogenated alkanes) is 4. The second-order valence-corrected chi connectivity index (χ2v) is 6.79. The first-order chi connectivity index (χ1) is 11.8. The van der Waals surface area contributed by atoms with Crippen molar-refractivity contribution in [2.75, 3.05) is 0 Å². The van der Waals surface area contributed by atoms with Crippen LogP contribution in [-0.4, -0.2) is 5.11 Å². The Hall–Kier alpha value is -1.76. The van der Waals surface area contributed by atoms with E-state index in [1.54, 1.807) is 6.07 Å². The highest BCUT2D eigenvalue weighted by atomic mass is 16.3. The summed E-state index contributed by atoms with van der Waals surface area (Å²) in [5.41, 5.74) is 3.55. The molecule has 0 aromatic heterocycles. The second kappa shape index (κ2) is 10.2. The number of hydrogen-bond donors (Lipinski definition) is 1. The van der Waals surface area contributed by atoms with Crippen LogP contribution < -0.4 is 0 Å². The summed E-state index contributed by atoms with van der Waals surface area (Å²) in [6.45, 7) is 4.54. The maximum atomic E-state index is 10.3. The molecule has 1 N–H and O–H groups in total. The van der Waals surface area contributed by atoms with Crippen LogP contribution in [0.15, 0.2) is 48.5 Å². The van der Waals surface area contributed by atoms with Crippen LogP contribution in [0.25, 0.3) is 11.1 Å². The predicted octanol–water partition coefficient (Wildman–Crippen LogP) is 7.30. The van der Waals surface area contributed by atoms with Crippen molar-refractivity contribution in [1.82, 2.24) is 0 Å². The van der Waals surface area contributed by atoms with Gasteiger partial charge in [0.15, 0.2) is 0 Å². The second-order valence-electron chi connectivity index (χ2n) is 6.79. The van der Waals surface area contributed by atoms with Gasteiger partial charge < -0.3 is 5.11 Å². The van der Waals surface area contributed by atoms with E-state index in [9.17, 15) is 5.11 Å². The van der Waals surface area contributed by atoms with E-state index in [0.29, 0.717) is 11.7 Å². The van der Waals surface area contributed by atoms with Crippen LogP contribution in [0.2, 0.25) is 0 Å². The maximum absolute atomic E-state index is 10.3. The standard InChI is InChI=1S/C23H32O/c1-3-5-6-7-8-14-19(13-4-2)20-15-9-10-16-21(20)22-17-11-12-18-23(22)24/h9-12,15-19,24H,3-8,13-14H2,1-2H3. The summed E-state index contributed by atoms with van der Waals surface area (Å²) in [7, 11) is 0. The van der Waals surface area contributed by atoms with Crippen LogP contribution in [0.1, 0.15) is 76.7 Å². The van der Waals surface area contributed by atoms with E-state index in [0.717, 1.165) is 5.56 Å². The Bertz CT molecular complexity index is 602. The average Bonchev–Trinajstić information content (AvgIpc) is 2.61. The van der Waals surface area contributed by atoms with Gasteiger partial charge in [0.25, 0.3) is 0 Å². The Morgan fingerprint density at radius 1 is 0.708 bits per heavy atom. The molecule has 2 aromatic carbocycles. The van der Waals surface area contributed by atoms with Crippen LogP contribution in [0.5, 0.6) is 5.75 Å². The third kappa shape index (κ3) is 5.12. The minimum atomic E-state index is 0.378. The molecule has 0 aliphatic rings. The van der Waals surface area contributed by atoms with E-state index >= 15 is 0 Å². The van der Waals surface area contributed by atoms with Gasteiger partial charge in [-0.1, -0.05) is 94.8 Å². The lowest BCUT2D eigenvalue weighted by molar-refractivity contribution is 0.477. The maximum Gasteiger partial charge on any atom is 0.123 e. The summed E-state index contributed by atoms with van der Waals surface area (Å²) in [5, 5.41) is 10.3. The summed E-state index contributed by atoms with van der Waals surface area (Å²) < 4.78 is 0. The summed E-state index contributed by atoms with van der Waals surface area (Å²) >= 11 is 0. The van der Waals surface area contributed by atoms with Gasteiger partial charge in [-0.15, -0.1) is 0 Å². The van der Waals surface area contributed by atoms with Crippen molar-refractivity contribution in [3.63, 3.8) is 0 Å². The third-order valence-electron chi connectivity index (χ3n) is 4.89. The molecule has 2 aromatic rings. The molecule has 1 nitrogen and oxygen atoms in total. The summed E-state index contributed by atoms with van der Waals surface area (Å²) in [4.78, 5) is 0. The molecule has 2 rings (SSSR count). The summed E-state index contributed by atoms with van der Waals surface area (Å²) in [6, 6.07) is 16.3. The third-order valence-corrected chi connectivity index (χ3v) is 4.89. The minimum absolute atomic E-state index is 0.378. The molecule has 1 unspecified atom stereocenters. The highest BCUT2D eigenvalue weighted by molar-refractivity contribution is 5.73. The topological polar surface area (TPSA) is 20.2 Å². The van der Waals surface area contributed by atoms with Crippen molar-refractivity contribution >= 4 is 0 Å². The monoisotopic (exact) mass is 324 g/mol. The quantitative estimate of drug-likeness (QED) is 0.454. The van der Waals surface area contributed by atoms with Gasteiger partial charge in [0.2, 0.25) is 0 Å². The molecule has 0 heterocycles. The Morgan fingerprint density at radius 3 is 2.08 bits per heavy atom. The lowest BCUT2D eigenvalue weighted by atomic mass is 9.84. The number of rotatable bonds is 10. The first kappa shape index (κ1) is 18.6. The van der Waals surface area contributed by atoms with Gasteiger partial charge in [0.1, 0.15) is 5.75 Å². The Balaban J connectivity index is 2.19. The minimum Gasteiger partial charge on any atom is -0.507 e. The first-order valence-electron chi connectivity index (χ1n) is 9.65. The van der Waals surface area contributed by atoms with Gasteiger partial charge in [0.05, 0.1) is 0 Å². The molecule has 0 aliphatic heterocycles. The molecule has 0 radical (unpaired) electrons. The van der Waals surface area contributed by atoms with Gasteiger partial charge in [-0.3, -0.25) is 0 Å². The largest absolute Gasteiger partial charge is 0.507 e. The zero-order chi connectivity index (χ0) is 17.2. The zero-order valence-electron chi connectivity index (χ0n) is 15.3. The summed E-state index contributed by atoms with van der Waals surface area (Å²) in [6.07, 6.45) is 10.3. The average molecular weight is 325 g/mol. The van der Waals surface area contributed by atoms with Crippen LogP contribution in [0.4, 0.5) is 0 Å². The summed E-state index contributed by atoms with van der Waals surface area (Å²) in [5.74, 6) is 0.968. The van der Waals surface area contributed by atoms with Crippen molar-refractivity contribution in [2.24, 2.45) is 0 Å². The van der Waals surface area contributed by atoms with Gasteiger partial charge in [-0.2, -0.15) is 0 Å². The van der Waals surface area contributed by atoms with Crippen LogP contribution >= 0.6 is 0 Å². The van der Waals surface area contributed by atoms with E-state index in [-0.39, 0.29) is 0 Å². The molecular formula is C23H32O. The fraction of sp³-hybridized carbons (Fsp3) is 0.478. The van der Waals surface area contributed by atoms with E-state index in [1.807, 2.05) is 18.2 Å². The number of phenolic OH excluding ortho intramolecular Hbond substituents is 1. The number of hydrogen-bond acceptors (Lipinski definition) is 1. The highest BCUT2D eigenvalue weighted by Gasteiger charge is 2.16. The molecule has 0 aliphatic carbocycles. The molecule has 1 heteroatoms. The van der Waals surface area contributed by atoms with Gasteiger partial charge >= 0.3 is 0 Å². The van der Waals surface area contributed by atoms with Crippen molar-refractivity contribution in [3.05, 3.63) is 54.1 Å². The SMILES string of the molecule is CCCCCCCC(CCC)c1ccccc1-c1ccccc1O. The molecule has 24 heavy (non-hydrogen) atoms. The van der Waals surface area contributed by atoms with Crippen LogP contribution in [-0.2, 0) is 0 Å². The van der Waals surface area contributed by atoms with E-state index in [4.69, 9.17) is 0 Å². The van der Waals surface area contributed by atoms with E-state index in [1.165, 1.54) is 62.5 Å². The van der Waals surface area contributed by atoms with Crippen LogP contribution in [0.3, 0.4) is 0 Å². The first-order valence-corrected chi connectivity index (χ1v) is 9.65. The Labute approximate surface area is 147 Å². The molecule has 0 spiro atoms. The fourth-order valence-corrected chi connectivity index (χ4v) is 3.60. The molecule has 0 fully saturated rings. The smallest absolute Gasteiger partial charge is 0.123 e. The zero-order valence-corrected chi connectivity index (χ0v) is 15.3.